The number of aryl methyl sites for hydroxylation is 1. The number of aromatic nitrogens is 2. The van der Waals surface area contributed by atoms with Gasteiger partial charge in [-0.2, -0.15) is 0 Å². The smallest absolute Gasteiger partial charge is 0.159 e. The van der Waals surface area contributed by atoms with Crippen molar-refractivity contribution in [3.63, 3.8) is 0 Å². The van der Waals surface area contributed by atoms with Crippen molar-refractivity contribution >= 4 is 0 Å². The largest absolute Gasteiger partial charge is 0.490 e. The van der Waals surface area contributed by atoms with Crippen LogP contribution in [0.2, 0.25) is 0 Å². The quantitative estimate of drug-likeness (QED) is 0.184. The normalized spacial score (nSPS) is 14.5. The summed E-state index contributed by atoms with van der Waals surface area (Å²) < 4.78 is 6.24. The van der Waals surface area contributed by atoms with Gasteiger partial charge in [-0.25, -0.2) is 9.97 Å². The highest BCUT2D eigenvalue weighted by Crippen LogP contribution is 2.35. The van der Waals surface area contributed by atoms with Gasteiger partial charge < -0.3 is 4.74 Å². The molecule has 0 saturated heterocycles. The second-order valence-electron chi connectivity index (χ2n) is 10.8. The van der Waals surface area contributed by atoms with Crippen molar-refractivity contribution in [3.8, 4) is 28.3 Å². The summed E-state index contributed by atoms with van der Waals surface area (Å²) >= 11 is 0. The number of hydrogen-bond acceptors (Lipinski definition) is 3. The minimum absolute atomic E-state index is 0.347. The maximum absolute atomic E-state index is 6.24. The highest BCUT2D eigenvalue weighted by Gasteiger charge is 2.22. The van der Waals surface area contributed by atoms with Crippen molar-refractivity contribution in [1.29, 1.82) is 0 Å². The summed E-state index contributed by atoms with van der Waals surface area (Å²) in [7, 11) is 0. The predicted octanol–water partition coefficient (Wildman–Crippen LogP) is 9.77. The van der Waals surface area contributed by atoms with Gasteiger partial charge in [0.05, 0.1) is 0 Å². The zero-order valence-electron chi connectivity index (χ0n) is 23.2. The van der Waals surface area contributed by atoms with E-state index in [0.29, 0.717) is 6.10 Å². The number of nitrogens with zero attached hydrogens (tertiary/aromatic N) is 2. The Labute approximate surface area is 225 Å². The van der Waals surface area contributed by atoms with E-state index in [9.17, 15) is 0 Å². The lowest BCUT2D eigenvalue weighted by Crippen LogP contribution is -2.12. The molecular weight excluding hydrogens is 452 g/mol. The van der Waals surface area contributed by atoms with E-state index in [2.05, 4.69) is 66.3 Å². The fraction of sp³-hybridized carbons (Fsp3) is 0.529. The number of ether oxygens (including phenoxy) is 1. The average Bonchev–Trinajstić information content (AvgIpc) is 3.35. The fourth-order valence-corrected chi connectivity index (χ4v) is 5.37. The first-order valence-corrected chi connectivity index (χ1v) is 15.0. The fourth-order valence-electron chi connectivity index (χ4n) is 5.37. The van der Waals surface area contributed by atoms with E-state index < -0.39 is 0 Å². The first-order chi connectivity index (χ1) is 18.3. The molecule has 0 aliphatic carbocycles. The molecule has 2 heterocycles. The monoisotopic (exact) mass is 498 g/mol. The van der Waals surface area contributed by atoms with Crippen LogP contribution in [0, 0.1) is 0 Å². The van der Waals surface area contributed by atoms with Gasteiger partial charge in [-0.15, -0.1) is 0 Å². The molecular formula is C34H46N2O. The maximum atomic E-state index is 6.24. The summed E-state index contributed by atoms with van der Waals surface area (Å²) in [5.41, 5.74) is 6.14. The molecule has 0 spiro atoms. The molecule has 4 rings (SSSR count). The summed E-state index contributed by atoms with van der Waals surface area (Å²) in [5, 5.41) is 0. The second kappa shape index (κ2) is 14.9. The lowest BCUT2D eigenvalue weighted by atomic mass is 9.98. The van der Waals surface area contributed by atoms with E-state index in [1.165, 1.54) is 106 Å². The molecule has 1 aliphatic heterocycles. The zero-order valence-corrected chi connectivity index (χ0v) is 23.2. The molecule has 198 valence electrons. The third-order valence-corrected chi connectivity index (χ3v) is 7.68. The van der Waals surface area contributed by atoms with Gasteiger partial charge in [-0.05, 0) is 60.1 Å². The molecule has 1 aliphatic rings. The van der Waals surface area contributed by atoms with Crippen LogP contribution in [0.1, 0.15) is 108 Å². The number of unbranched alkanes of at least 4 members (excludes halogenated alkanes) is 10. The van der Waals surface area contributed by atoms with Gasteiger partial charge >= 0.3 is 0 Å². The summed E-state index contributed by atoms with van der Waals surface area (Å²) in [4.78, 5) is 9.31. The Bertz CT molecular complexity index is 1060. The topological polar surface area (TPSA) is 35.0 Å². The van der Waals surface area contributed by atoms with Gasteiger partial charge in [0.2, 0.25) is 0 Å². The highest BCUT2D eigenvalue weighted by atomic mass is 16.5. The van der Waals surface area contributed by atoms with Crippen molar-refractivity contribution in [3.05, 3.63) is 66.0 Å². The average molecular weight is 499 g/mol. The van der Waals surface area contributed by atoms with Crippen molar-refractivity contribution < 1.29 is 4.74 Å². The first-order valence-electron chi connectivity index (χ1n) is 15.0. The lowest BCUT2D eigenvalue weighted by molar-refractivity contribution is 0.216. The molecule has 1 aromatic heterocycles. The Balaban J connectivity index is 1.26. The highest BCUT2D eigenvalue weighted by molar-refractivity contribution is 5.69. The van der Waals surface area contributed by atoms with Crippen LogP contribution in [0.4, 0.5) is 0 Å². The van der Waals surface area contributed by atoms with Crippen LogP contribution < -0.4 is 4.74 Å². The van der Waals surface area contributed by atoms with Gasteiger partial charge in [0, 0.05) is 24.4 Å². The molecule has 0 radical (unpaired) electrons. The molecule has 37 heavy (non-hydrogen) atoms. The van der Waals surface area contributed by atoms with E-state index in [1.54, 1.807) is 0 Å². The second-order valence-corrected chi connectivity index (χ2v) is 10.8. The van der Waals surface area contributed by atoms with E-state index in [4.69, 9.17) is 4.74 Å². The summed E-state index contributed by atoms with van der Waals surface area (Å²) in [6.07, 6.45) is 23.6. The Hall–Kier alpha value is -2.68. The standard InChI is InChI=1S/C34H46N2O/c1-3-5-7-9-11-13-15-27-25-35-34(36-26-27)29-19-17-28(18-20-29)30-21-22-33-31(23-30)24-32(37-33)16-14-12-10-8-6-4-2/h17-23,25-26,32H,3-16,24H2,1-2H3. The zero-order chi connectivity index (χ0) is 25.7. The molecule has 3 heteroatoms. The lowest BCUT2D eigenvalue weighted by Gasteiger charge is -2.10. The first kappa shape index (κ1) is 27.4. The number of benzene rings is 2. The van der Waals surface area contributed by atoms with Crippen molar-refractivity contribution in [2.75, 3.05) is 0 Å². The van der Waals surface area contributed by atoms with Crippen LogP contribution in [0.5, 0.6) is 5.75 Å². The Morgan fingerprint density at radius 3 is 1.97 bits per heavy atom. The Kier molecular flexibility index (Phi) is 11.0. The van der Waals surface area contributed by atoms with Gasteiger partial charge in [0.25, 0.3) is 0 Å². The van der Waals surface area contributed by atoms with Crippen molar-refractivity contribution in [2.45, 2.75) is 116 Å². The Morgan fingerprint density at radius 2 is 1.27 bits per heavy atom. The van der Waals surface area contributed by atoms with Crippen LogP contribution in [0.15, 0.2) is 54.9 Å². The van der Waals surface area contributed by atoms with E-state index in [-0.39, 0.29) is 0 Å². The van der Waals surface area contributed by atoms with Crippen molar-refractivity contribution in [2.24, 2.45) is 0 Å². The Morgan fingerprint density at radius 1 is 0.676 bits per heavy atom. The van der Waals surface area contributed by atoms with Gasteiger partial charge in [0.1, 0.15) is 11.9 Å². The molecule has 3 nitrogen and oxygen atoms in total. The summed E-state index contributed by atoms with van der Waals surface area (Å²) in [6, 6.07) is 15.3. The van der Waals surface area contributed by atoms with E-state index in [1.807, 2.05) is 12.4 Å². The third-order valence-electron chi connectivity index (χ3n) is 7.68. The molecule has 1 atom stereocenters. The maximum Gasteiger partial charge on any atom is 0.159 e. The number of hydrogen-bond donors (Lipinski definition) is 0. The molecule has 0 bridgehead atoms. The van der Waals surface area contributed by atoms with E-state index >= 15 is 0 Å². The summed E-state index contributed by atoms with van der Waals surface area (Å²) in [6.45, 7) is 4.54. The van der Waals surface area contributed by atoms with Crippen LogP contribution in [0.25, 0.3) is 22.5 Å². The van der Waals surface area contributed by atoms with Crippen LogP contribution in [-0.2, 0) is 12.8 Å². The minimum Gasteiger partial charge on any atom is -0.490 e. The molecule has 1 unspecified atom stereocenters. The molecule has 2 aromatic carbocycles. The van der Waals surface area contributed by atoms with Crippen LogP contribution >= 0.6 is 0 Å². The van der Waals surface area contributed by atoms with Gasteiger partial charge in [-0.1, -0.05) is 108 Å². The minimum atomic E-state index is 0.347. The number of rotatable bonds is 16. The van der Waals surface area contributed by atoms with E-state index in [0.717, 1.165) is 30.0 Å². The van der Waals surface area contributed by atoms with Crippen LogP contribution in [-0.4, -0.2) is 16.1 Å². The SMILES string of the molecule is CCCCCCCCc1cnc(-c2ccc(-c3ccc4c(c3)CC(CCCCCCCC)O4)cc2)nc1. The molecule has 0 saturated carbocycles. The predicted molar refractivity (Wildman–Crippen MR) is 156 cm³/mol. The van der Waals surface area contributed by atoms with Gasteiger partial charge in [0.15, 0.2) is 5.82 Å². The van der Waals surface area contributed by atoms with Gasteiger partial charge in [-0.3, -0.25) is 0 Å². The third kappa shape index (κ3) is 8.42. The van der Waals surface area contributed by atoms with Crippen LogP contribution in [0.3, 0.4) is 0 Å². The molecule has 0 fully saturated rings. The molecule has 3 aromatic rings. The molecule has 0 amide bonds. The number of fused-ring (bicyclic) bond motifs is 1. The van der Waals surface area contributed by atoms with Crippen molar-refractivity contribution in [1.82, 2.24) is 9.97 Å². The summed E-state index contributed by atoms with van der Waals surface area (Å²) in [5.74, 6) is 1.88. The molecule has 0 N–H and O–H groups in total.